The predicted octanol–water partition coefficient (Wildman–Crippen LogP) is 5.54. The molecule has 0 spiro atoms. The van der Waals surface area contributed by atoms with Crippen molar-refractivity contribution in [2.45, 2.75) is 0 Å². The smallest absolute Gasteiger partial charge is 0.309 e. The maximum Gasteiger partial charge on any atom is 0.309 e. The van der Waals surface area contributed by atoms with Crippen LogP contribution >= 0.6 is 16.3 Å². The van der Waals surface area contributed by atoms with Gasteiger partial charge in [-0.1, -0.05) is 12.1 Å². The Labute approximate surface area is 142 Å². The monoisotopic (exact) mass is 366 g/mol. The lowest BCUT2D eigenvalue weighted by molar-refractivity contribution is 0.615. The molecule has 3 aromatic rings. The van der Waals surface area contributed by atoms with Crippen LogP contribution in [-0.2, 0) is 0 Å². The van der Waals surface area contributed by atoms with Gasteiger partial charge in [-0.25, -0.2) is 9.34 Å². The number of nitrogens with zero attached hydrogens (tertiary/aromatic N) is 2. The summed E-state index contributed by atoms with van der Waals surface area (Å²) in [7, 11) is 5.11. The lowest BCUT2D eigenvalue weighted by atomic mass is 10.3. The first-order chi connectivity index (χ1) is 11.5. The molecule has 0 aliphatic heterocycles. The van der Waals surface area contributed by atoms with E-state index in [1.54, 1.807) is 0 Å². The number of fused-ring (bicyclic) bond motifs is 4. The number of rotatable bonds is 2. The van der Waals surface area contributed by atoms with Gasteiger partial charge in [-0.3, -0.25) is 0 Å². The zero-order valence-electron chi connectivity index (χ0n) is 14.0. The maximum atomic E-state index is 6.02. The molecule has 0 aliphatic carbocycles. The van der Waals surface area contributed by atoms with Crippen LogP contribution in [0.3, 0.4) is 0 Å². The molecular weight excluding hydrogens is 346 g/mol. The van der Waals surface area contributed by atoms with Gasteiger partial charge in [0.15, 0.2) is 0 Å². The first kappa shape index (κ1) is 17.0. The highest BCUT2D eigenvalue weighted by Crippen LogP contribution is 2.32. The Morgan fingerprint density at radius 2 is 0.875 bits per heavy atom. The third-order valence-corrected chi connectivity index (χ3v) is 5.77. The molecule has 0 radical (unpaired) electrons. The zero-order chi connectivity index (χ0) is 17.1. The van der Waals surface area contributed by atoms with Crippen molar-refractivity contribution < 1.29 is 16.8 Å². The first-order valence-electron chi connectivity index (χ1n) is 7.38. The highest BCUT2D eigenvalue weighted by molar-refractivity contribution is 7.39. The van der Waals surface area contributed by atoms with Crippen LogP contribution < -0.4 is 9.34 Å². The molecule has 4 bridgehead atoms. The fourth-order valence-corrected chi connectivity index (χ4v) is 3.80. The molecule has 24 heavy (non-hydrogen) atoms. The van der Waals surface area contributed by atoms with E-state index in [0.29, 0.717) is 22.3 Å². The second-order valence-corrected chi connectivity index (χ2v) is 8.77. The van der Waals surface area contributed by atoms with Gasteiger partial charge in [0.05, 0.1) is 0 Å². The Kier molecular flexibility index (Phi) is 5.22. The summed E-state index contributed by atoms with van der Waals surface area (Å²) in [6, 6.07) is 15.0. The lowest BCUT2D eigenvalue weighted by Gasteiger charge is -2.07. The number of hydrogen-bond acceptors (Lipinski definition) is 6. The van der Waals surface area contributed by atoms with Crippen molar-refractivity contribution in [3.63, 3.8) is 0 Å². The Bertz CT molecular complexity index is 813. The molecule has 0 amide bonds. The van der Waals surface area contributed by atoms with Crippen molar-refractivity contribution in [3.05, 3.63) is 48.5 Å². The van der Waals surface area contributed by atoms with Gasteiger partial charge in [0.25, 0.3) is 0 Å². The SMILES string of the molecule is CN(C)p1oc2cccc(c2)op(N(C)C)oc2cccc(c2)o1. The molecule has 0 N–H and O–H groups in total. The third-order valence-electron chi connectivity index (χ3n) is 3.00. The highest BCUT2D eigenvalue weighted by Gasteiger charge is 2.03. The quantitative estimate of drug-likeness (QED) is 0.593. The van der Waals surface area contributed by atoms with E-state index in [2.05, 4.69) is 0 Å². The van der Waals surface area contributed by atoms with Gasteiger partial charge in [0.1, 0.15) is 22.3 Å². The normalized spacial score (nSPS) is 12.8. The molecule has 0 atom stereocenters. The molecule has 1 heterocycles. The summed E-state index contributed by atoms with van der Waals surface area (Å²) < 4.78 is 27.9. The Morgan fingerprint density at radius 3 is 1.12 bits per heavy atom. The summed E-state index contributed by atoms with van der Waals surface area (Å²) in [5.41, 5.74) is 2.77. The average molecular weight is 366 g/mol. The summed E-state index contributed by atoms with van der Waals surface area (Å²) in [4.78, 5) is 0. The molecule has 128 valence electrons. The first-order valence-corrected chi connectivity index (χ1v) is 9.64. The minimum atomic E-state index is -1.28. The van der Waals surface area contributed by atoms with Crippen LogP contribution in [0.1, 0.15) is 0 Å². The van der Waals surface area contributed by atoms with Crippen LogP contribution in [0.2, 0.25) is 0 Å². The molecule has 0 saturated heterocycles. The van der Waals surface area contributed by atoms with Gasteiger partial charge >= 0.3 is 16.3 Å². The van der Waals surface area contributed by atoms with Crippen molar-refractivity contribution in [1.29, 1.82) is 0 Å². The summed E-state index contributed by atoms with van der Waals surface area (Å²) in [6.45, 7) is 0. The van der Waals surface area contributed by atoms with Gasteiger partial charge in [-0.2, -0.15) is 0 Å². The number of benzene rings is 2. The van der Waals surface area contributed by atoms with Crippen molar-refractivity contribution in [2.75, 3.05) is 37.5 Å². The number of hydrogen-bond donors (Lipinski definition) is 0. The molecule has 0 aliphatic rings. The summed E-state index contributed by atoms with van der Waals surface area (Å²) in [5, 5.41) is 0. The van der Waals surface area contributed by atoms with Crippen LogP contribution in [0.15, 0.2) is 65.3 Å². The summed E-state index contributed by atoms with van der Waals surface area (Å²) in [6.07, 6.45) is 0. The molecule has 8 heteroatoms. The lowest BCUT2D eigenvalue weighted by Crippen LogP contribution is -2.02. The van der Waals surface area contributed by atoms with Gasteiger partial charge in [-0.05, 0) is 24.3 Å². The molecule has 0 fully saturated rings. The average Bonchev–Trinajstić information content (AvgIpc) is 2.53. The second-order valence-electron chi connectivity index (χ2n) is 5.48. The van der Waals surface area contributed by atoms with E-state index in [-0.39, 0.29) is 0 Å². The van der Waals surface area contributed by atoms with Crippen molar-refractivity contribution in [2.24, 2.45) is 0 Å². The van der Waals surface area contributed by atoms with E-state index >= 15 is 0 Å². The topological polar surface area (TPSA) is 59.0 Å². The maximum absolute atomic E-state index is 6.02. The highest BCUT2D eigenvalue weighted by atomic mass is 31.1. The van der Waals surface area contributed by atoms with E-state index in [4.69, 9.17) is 16.8 Å². The van der Waals surface area contributed by atoms with E-state index in [9.17, 15) is 0 Å². The molecule has 2 aromatic carbocycles. The van der Waals surface area contributed by atoms with Gasteiger partial charge in [0, 0.05) is 40.3 Å². The minimum absolute atomic E-state index is 0.692. The fraction of sp³-hybridized carbons (Fsp3) is 0.250. The summed E-state index contributed by atoms with van der Waals surface area (Å²) in [5.74, 6) is 0. The molecular formula is C16H20N2O4P2. The molecule has 0 unspecified atom stereocenters. The Hall–Kier alpha value is -1.84. The van der Waals surface area contributed by atoms with Crippen LogP contribution in [0.25, 0.3) is 22.3 Å². The standard InChI is InChI=1S/C16H20N2O4P2/c1-17(2)23-19-13-7-5-9-15(11-13)21-24(18(3)4)22-16-10-6-8-14(12-16)20-23/h5-12H,1-4H3. The Morgan fingerprint density at radius 1 is 0.583 bits per heavy atom. The largest absolute Gasteiger partial charge is 0.408 e. The van der Waals surface area contributed by atoms with E-state index < -0.39 is 16.3 Å². The van der Waals surface area contributed by atoms with Crippen LogP contribution in [-0.4, -0.2) is 28.2 Å². The van der Waals surface area contributed by atoms with E-state index in [1.165, 1.54) is 0 Å². The summed E-state index contributed by atoms with van der Waals surface area (Å²) >= 11 is 0. The zero-order valence-corrected chi connectivity index (χ0v) is 15.8. The molecule has 6 nitrogen and oxygen atoms in total. The second kappa shape index (κ2) is 7.37. The van der Waals surface area contributed by atoms with Crippen LogP contribution in [0.5, 0.6) is 0 Å². The van der Waals surface area contributed by atoms with Crippen molar-refractivity contribution in [3.8, 4) is 0 Å². The van der Waals surface area contributed by atoms with Gasteiger partial charge < -0.3 is 16.8 Å². The van der Waals surface area contributed by atoms with Crippen molar-refractivity contribution >= 4 is 38.7 Å². The van der Waals surface area contributed by atoms with E-state index in [0.717, 1.165) is 0 Å². The van der Waals surface area contributed by atoms with E-state index in [1.807, 2.05) is 86.1 Å². The fourth-order valence-electron chi connectivity index (χ4n) is 1.90. The predicted molar refractivity (Wildman–Crippen MR) is 100 cm³/mol. The van der Waals surface area contributed by atoms with Gasteiger partial charge in [0.2, 0.25) is 0 Å². The van der Waals surface area contributed by atoms with Crippen LogP contribution in [0.4, 0.5) is 0 Å². The van der Waals surface area contributed by atoms with Gasteiger partial charge in [-0.15, -0.1) is 0 Å². The Balaban J connectivity index is 2.46. The van der Waals surface area contributed by atoms with Crippen LogP contribution in [0, 0.1) is 0 Å². The van der Waals surface area contributed by atoms with Crippen molar-refractivity contribution in [1.82, 2.24) is 0 Å². The molecule has 1 aromatic heterocycles. The third kappa shape index (κ3) is 4.16. The minimum Gasteiger partial charge on any atom is -0.408 e. The molecule has 0 saturated carbocycles. The molecule has 3 rings (SSSR count).